The molecular formula is C17H22O2. The van der Waals surface area contributed by atoms with Crippen LogP contribution in [0.25, 0.3) is 6.08 Å². The van der Waals surface area contributed by atoms with Crippen molar-refractivity contribution in [2.24, 2.45) is 0 Å². The van der Waals surface area contributed by atoms with Crippen LogP contribution in [0.3, 0.4) is 0 Å². The zero-order valence-electron chi connectivity index (χ0n) is 12.4. The van der Waals surface area contributed by atoms with Crippen LogP contribution in [-0.4, -0.2) is 12.6 Å². The highest BCUT2D eigenvalue weighted by molar-refractivity contribution is 5.83. The second kappa shape index (κ2) is 6.93. The Morgan fingerprint density at radius 1 is 1.21 bits per heavy atom. The number of hydrogen-bond donors (Lipinski definition) is 0. The molecule has 1 aromatic carbocycles. The third-order valence-corrected chi connectivity index (χ3v) is 2.88. The minimum atomic E-state index is -0.290. The summed E-state index contributed by atoms with van der Waals surface area (Å²) < 4.78 is 4.88. The normalized spacial score (nSPS) is 11.9. The predicted octanol–water partition coefficient (Wildman–Crippen LogP) is 4.13. The number of allylic oxidation sites excluding steroid dienone is 2. The van der Waals surface area contributed by atoms with Gasteiger partial charge in [-0.1, -0.05) is 29.8 Å². The molecule has 0 heterocycles. The van der Waals surface area contributed by atoms with E-state index in [9.17, 15) is 4.79 Å². The summed E-state index contributed by atoms with van der Waals surface area (Å²) in [5.74, 6) is -0.290. The molecule has 19 heavy (non-hydrogen) atoms. The monoisotopic (exact) mass is 258 g/mol. The molecular weight excluding hydrogens is 236 g/mol. The lowest BCUT2D eigenvalue weighted by molar-refractivity contribution is -0.137. The lowest BCUT2D eigenvalue weighted by atomic mass is 9.99. The first-order chi connectivity index (χ1) is 8.93. The first-order valence-corrected chi connectivity index (χ1v) is 6.55. The molecule has 1 aromatic rings. The summed E-state index contributed by atoms with van der Waals surface area (Å²) in [4.78, 5) is 11.3. The van der Waals surface area contributed by atoms with Gasteiger partial charge in [0, 0.05) is 6.08 Å². The van der Waals surface area contributed by atoms with E-state index in [1.807, 2.05) is 13.0 Å². The maximum Gasteiger partial charge on any atom is 0.330 e. The van der Waals surface area contributed by atoms with E-state index in [2.05, 4.69) is 39.0 Å². The molecule has 0 N–H and O–H groups in total. The number of carbonyl (C=O) groups excluding carboxylic acids is 1. The summed E-state index contributed by atoms with van der Waals surface area (Å²) in [6.45, 7) is 10.4. The van der Waals surface area contributed by atoms with Gasteiger partial charge in [0.15, 0.2) is 0 Å². The Bertz CT molecular complexity index is 499. The van der Waals surface area contributed by atoms with Crippen molar-refractivity contribution in [3.63, 3.8) is 0 Å². The lowest BCUT2D eigenvalue weighted by Crippen LogP contribution is -1.99. The van der Waals surface area contributed by atoms with Crippen LogP contribution in [0.1, 0.15) is 36.1 Å². The molecule has 0 aromatic heterocycles. The Balaban J connectivity index is 2.91. The number of rotatable bonds is 4. The van der Waals surface area contributed by atoms with Crippen molar-refractivity contribution in [1.29, 1.82) is 0 Å². The molecule has 0 bridgehead atoms. The maximum absolute atomic E-state index is 11.3. The molecule has 0 saturated heterocycles. The number of hydrogen-bond acceptors (Lipinski definition) is 2. The molecule has 2 heteroatoms. The van der Waals surface area contributed by atoms with E-state index >= 15 is 0 Å². The number of benzene rings is 1. The molecule has 0 atom stereocenters. The van der Waals surface area contributed by atoms with Crippen molar-refractivity contribution in [3.05, 3.63) is 52.1 Å². The molecule has 0 fully saturated rings. The summed E-state index contributed by atoms with van der Waals surface area (Å²) in [6.07, 6.45) is 5.51. The van der Waals surface area contributed by atoms with Crippen LogP contribution in [0.5, 0.6) is 0 Å². The van der Waals surface area contributed by atoms with Crippen LogP contribution < -0.4 is 0 Å². The van der Waals surface area contributed by atoms with Crippen LogP contribution in [0.15, 0.2) is 29.9 Å². The van der Waals surface area contributed by atoms with Crippen LogP contribution in [0, 0.1) is 20.8 Å². The highest BCUT2D eigenvalue weighted by Crippen LogP contribution is 2.18. The number of ether oxygens (including phenoxy) is 1. The van der Waals surface area contributed by atoms with E-state index in [1.165, 1.54) is 28.3 Å². The van der Waals surface area contributed by atoms with E-state index in [4.69, 9.17) is 4.74 Å². The summed E-state index contributed by atoms with van der Waals surface area (Å²) in [6, 6.07) is 4.33. The number of esters is 1. The van der Waals surface area contributed by atoms with Crippen molar-refractivity contribution in [2.45, 2.75) is 34.6 Å². The Morgan fingerprint density at radius 2 is 1.79 bits per heavy atom. The molecule has 2 nitrogen and oxygen atoms in total. The highest BCUT2D eigenvalue weighted by atomic mass is 16.5. The minimum absolute atomic E-state index is 0.290. The van der Waals surface area contributed by atoms with Crippen molar-refractivity contribution < 1.29 is 9.53 Å². The van der Waals surface area contributed by atoms with Gasteiger partial charge < -0.3 is 4.74 Å². The maximum atomic E-state index is 11.3. The molecule has 0 amide bonds. The van der Waals surface area contributed by atoms with Crippen molar-refractivity contribution >= 4 is 12.0 Å². The van der Waals surface area contributed by atoms with E-state index in [0.717, 1.165) is 5.57 Å². The van der Waals surface area contributed by atoms with Gasteiger partial charge >= 0.3 is 5.97 Å². The minimum Gasteiger partial charge on any atom is -0.463 e. The summed E-state index contributed by atoms with van der Waals surface area (Å²) >= 11 is 0. The Hall–Kier alpha value is -1.83. The van der Waals surface area contributed by atoms with Gasteiger partial charge in [0.2, 0.25) is 0 Å². The zero-order valence-corrected chi connectivity index (χ0v) is 12.4. The molecule has 0 spiro atoms. The largest absolute Gasteiger partial charge is 0.463 e. The fraction of sp³-hybridized carbons (Fsp3) is 0.353. The van der Waals surface area contributed by atoms with Gasteiger partial charge in [-0.3, -0.25) is 0 Å². The molecule has 0 aliphatic heterocycles. The Morgan fingerprint density at radius 3 is 2.32 bits per heavy atom. The molecule has 102 valence electrons. The molecule has 0 unspecified atom stereocenters. The zero-order chi connectivity index (χ0) is 14.4. The third-order valence-electron chi connectivity index (χ3n) is 2.88. The van der Waals surface area contributed by atoms with E-state index in [1.54, 1.807) is 6.92 Å². The summed E-state index contributed by atoms with van der Waals surface area (Å²) in [7, 11) is 0. The van der Waals surface area contributed by atoms with Crippen molar-refractivity contribution in [3.8, 4) is 0 Å². The predicted molar refractivity (Wildman–Crippen MR) is 80.1 cm³/mol. The molecule has 1 rings (SSSR count). The van der Waals surface area contributed by atoms with E-state index in [0.29, 0.717) is 6.61 Å². The summed E-state index contributed by atoms with van der Waals surface area (Å²) in [5.41, 5.74) is 5.86. The standard InChI is InChI=1S/C17H22O2/c1-6-19-17(18)11-12(2)7-8-16-14(4)9-13(3)10-15(16)5/h7-11H,6H2,1-5H3/b8-7+,12-11+. The van der Waals surface area contributed by atoms with Crippen LogP contribution >= 0.6 is 0 Å². The smallest absolute Gasteiger partial charge is 0.330 e. The Kier molecular flexibility index (Phi) is 5.56. The van der Waals surface area contributed by atoms with Crippen LogP contribution in [0.4, 0.5) is 0 Å². The summed E-state index contributed by atoms with van der Waals surface area (Å²) in [5, 5.41) is 0. The van der Waals surface area contributed by atoms with Gasteiger partial charge in [-0.05, 0) is 56.9 Å². The highest BCUT2D eigenvalue weighted by Gasteiger charge is 2.00. The molecule has 0 aliphatic carbocycles. The van der Waals surface area contributed by atoms with Crippen LogP contribution in [-0.2, 0) is 9.53 Å². The van der Waals surface area contributed by atoms with Gasteiger partial charge in [0.25, 0.3) is 0 Å². The SMILES string of the molecule is CCOC(=O)/C=C(C)/C=C/c1c(C)cc(C)cc1C. The van der Waals surface area contributed by atoms with Gasteiger partial charge in [0.05, 0.1) is 6.61 Å². The molecule has 0 radical (unpaired) electrons. The fourth-order valence-corrected chi connectivity index (χ4v) is 2.09. The second-order valence-corrected chi connectivity index (χ2v) is 4.79. The lowest BCUT2D eigenvalue weighted by Gasteiger charge is -2.07. The third kappa shape index (κ3) is 4.74. The first-order valence-electron chi connectivity index (χ1n) is 6.55. The van der Waals surface area contributed by atoms with Gasteiger partial charge in [0.1, 0.15) is 0 Å². The quantitative estimate of drug-likeness (QED) is 0.461. The fourth-order valence-electron chi connectivity index (χ4n) is 2.09. The topological polar surface area (TPSA) is 26.3 Å². The van der Waals surface area contributed by atoms with Gasteiger partial charge in [-0.15, -0.1) is 0 Å². The van der Waals surface area contributed by atoms with Crippen LogP contribution in [0.2, 0.25) is 0 Å². The van der Waals surface area contributed by atoms with Crippen molar-refractivity contribution in [1.82, 2.24) is 0 Å². The first kappa shape index (κ1) is 15.2. The average Bonchev–Trinajstić information content (AvgIpc) is 2.27. The average molecular weight is 258 g/mol. The molecule has 0 aliphatic rings. The molecule has 0 saturated carbocycles. The number of aryl methyl sites for hydroxylation is 3. The van der Waals surface area contributed by atoms with E-state index in [-0.39, 0.29) is 5.97 Å². The van der Waals surface area contributed by atoms with E-state index < -0.39 is 0 Å². The number of carbonyl (C=O) groups is 1. The van der Waals surface area contributed by atoms with Crippen molar-refractivity contribution in [2.75, 3.05) is 6.61 Å². The van der Waals surface area contributed by atoms with Gasteiger partial charge in [-0.2, -0.15) is 0 Å². The van der Waals surface area contributed by atoms with Gasteiger partial charge in [-0.25, -0.2) is 4.79 Å². The second-order valence-electron chi connectivity index (χ2n) is 4.79. The Labute approximate surface area is 115 Å².